The number of halogens is 3. The Morgan fingerprint density at radius 3 is 2.42 bits per heavy atom. The van der Waals surface area contributed by atoms with Gasteiger partial charge in [-0.1, -0.05) is 38.1 Å². The summed E-state index contributed by atoms with van der Waals surface area (Å²) in [6.45, 7) is 6.11. The molecule has 0 saturated heterocycles. The van der Waals surface area contributed by atoms with Crippen LogP contribution in [0.15, 0.2) is 42.6 Å². The molecule has 0 bridgehead atoms. The molecule has 0 atom stereocenters. The van der Waals surface area contributed by atoms with Crippen molar-refractivity contribution in [3.05, 3.63) is 70.8 Å². The third-order valence-electron chi connectivity index (χ3n) is 5.60. The number of carbonyl (C=O) groups is 1. The van der Waals surface area contributed by atoms with Crippen molar-refractivity contribution in [1.29, 1.82) is 0 Å². The Bertz CT molecular complexity index is 1320. The summed E-state index contributed by atoms with van der Waals surface area (Å²) in [4.78, 5) is 16.9. The van der Waals surface area contributed by atoms with Crippen molar-refractivity contribution in [2.45, 2.75) is 39.4 Å². The third kappa shape index (κ3) is 4.46. The normalized spacial score (nSPS) is 12.0. The summed E-state index contributed by atoms with van der Waals surface area (Å²) in [7, 11) is 1.78. The quantitative estimate of drug-likeness (QED) is 0.479. The number of carbonyl (C=O) groups excluding carboxylic acids is 1. The molecule has 3 heterocycles. The van der Waals surface area contributed by atoms with Crippen LogP contribution in [-0.2, 0) is 19.8 Å². The molecule has 7 nitrogen and oxygen atoms in total. The second-order valence-electron chi connectivity index (χ2n) is 8.16. The zero-order valence-electron chi connectivity index (χ0n) is 18.6. The average molecular weight is 456 g/mol. The number of aromatic nitrogens is 5. The Kier molecular flexibility index (Phi) is 5.69. The number of alkyl halides is 3. The molecular weight excluding hydrogens is 433 g/mol. The van der Waals surface area contributed by atoms with Gasteiger partial charge in [0.2, 0.25) is 0 Å². The highest BCUT2D eigenvalue weighted by molar-refractivity contribution is 5.93. The standard InChI is InChI=1S/C23H23F3N6O/c1-13(2)15-5-7-16(8-6-15)18-9-20(23(24,25)26)32-21(29-18)10-19(30-32)22(33)27-11-17-12-28-31(4)14(17)3/h5-10,12-13H,11H2,1-4H3,(H,27,33). The molecule has 1 aromatic carbocycles. The fourth-order valence-electron chi connectivity index (χ4n) is 3.46. The highest BCUT2D eigenvalue weighted by Crippen LogP contribution is 2.32. The largest absolute Gasteiger partial charge is 0.433 e. The second-order valence-corrected chi connectivity index (χ2v) is 8.16. The number of rotatable bonds is 5. The van der Waals surface area contributed by atoms with E-state index in [0.29, 0.717) is 16.0 Å². The molecule has 0 aliphatic carbocycles. The SMILES string of the molecule is Cc1c(CNC(=O)c2cc3nc(-c4ccc(C(C)C)cc4)cc(C(F)(F)F)n3n2)cnn1C. The van der Waals surface area contributed by atoms with Crippen LogP contribution in [0.5, 0.6) is 0 Å². The average Bonchev–Trinajstić information content (AvgIpc) is 3.34. The van der Waals surface area contributed by atoms with Crippen LogP contribution in [0.3, 0.4) is 0 Å². The third-order valence-corrected chi connectivity index (χ3v) is 5.60. The molecule has 3 aromatic heterocycles. The van der Waals surface area contributed by atoms with Crippen LogP contribution in [0.2, 0.25) is 0 Å². The predicted molar refractivity (Wildman–Crippen MR) is 117 cm³/mol. The first kappa shape index (κ1) is 22.5. The lowest BCUT2D eigenvalue weighted by Crippen LogP contribution is -2.23. The van der Waals surface area contributed by atoms with Crippen molar-refractivity contribution in [2.75, 3.05) is 0 Å². The number of nitrogens with zero attached hydrogens (tertiary/aromatic N) is 5. The van der Waals surface area contributed by atoms with Crippen LogP contribution >= 0.6 is 0 Å². The topological polar surface area (TPSA) is 77.1 Å². The fourth-order valence-corrected chi connectivity index (χ4v) is 3.46. The van der Waals surface area contributed by atoms with Gasteiger partial charge in [0.15, 0.2) is 17.0 Å². The van der Waals surface area contributed by atoms with Crippen molar-refractivity contribution >= 4 is 11.6 Å². The molecule has 33 heavy (non-hydrogen) atoms. The lowest BCUT2D eigenvalue weighted by Gasteiger charge is -2.11. The molecular formula is C23H23F3N6O. The van der Waals surface area contributed by atoms with Crippen LogP contribution in [0.25, 0.3) is 16.9 Å². The Morgan fingerprint density at radius 2 is 1.85 bits per heavy atom. The zero-order chi connectivity index (χ0) is 23.9. The van der Waals surface area contributed by atoms with Gasteiger partial charge < -0.3 is 5.32 Å². The molecule has 0 aliphatic heterocycles. The molecule has 0 radical (unpaired) electrons. The van der Waals surface area contributed by atoms with Gasteiger partial charge in [0.05, 0.1) is 11.9 Å². The van der Waals surface area contributed by atoms with Crippen LogP contribution in [-0.4, -0.2) is 30.3 Å². The summed E-state index contributed by atoms with van der Waals surface area (Å²) in [6.07, 6.45) is -3.06. The lowest BCUT2D eigenvalue weighted by molar-refractivity contribution is -0.142. The second kappa shape index (κ2) is 8.34. The molecule has 0 aliphatic rings. The first-order valence-electron chi connectivity index (χ1n) is 10.4. The smallest absolute Gasteiger partial charge is 0.346 e. The predicted octanol–water partition coefficient (Wildman–Crippen LogP) is 4.51. The lowest BCUT2D eigenvalue weighted by atomic mass is 10.0. The van der Waals surface area contributed by atoms with E-state index in [1.54, 1.807) is 30.1 Å². The van der Waals surface area contributed by atoms with Crippen LogP contribution < -0.4 is 5.32 Å². The number of amides is 1. The minimum Gasteiger partial charge on any atom is -0.346 e. The molecule has 0 spiro atoms. The van der Waals surface area contributed by atoms with E-state index in [2.05, 4.69) is 20.5 Å². The van der Waals surface area contributed by atoms with Crippen LogP contribution in [0, 0.1) is 6.92 Å². The van der Waals surface area contributed by atoms with E-state index < -0.39 is 17.8 Å². The van der Waals surface area contributed by atoms with E-state index in [1.807, 2.05) is 32.9 Å². The van der Waals surface area contributed by atoms with E-state index in [0.717, 1.165) is 22.9 Å². The summed E-state index contributed by atoms with van der Waals surface area (Å²) in [5, 5.41) is 10.7. The summed E-state index contributed by atoms with van der Waals surface area (Å²) < 4.78 is 43.8. The molecule has 10 heteroatoms. The molecule has 1 amide bonds. The number of hydrogen-bond donors (Lipinski definition) is 1. The molecule has 0 unspecified atom stereocenters. The Balaban J connectivity index is 1.69. The van der Waals surface area contributed by atoms with Gasteiger partial charge in [-0.25, -0.2) is 9.50 Å². The van der Waals surface area contributed by atoms with Crippen molar-refractivity contribution < 1.29 is 18.0 Å². The minimum atomic E-state index is -4.68. The summed E-state index contributed by atoms with van der Waals surface area (Å²) in [5.41, 5.74) is 2.24. The van der Waals surface area contributed by atoms with Crippen molar-refractivity contribution in [2.24, 2.45) is 7.05 Å². The van der Waals surface area contributed by atoms with Crippen molar-refractivity contribution in [1.82, 2.24) is 29.7 Å². The van der Waals surface area contributed by atoms with Crippen molar-refractivity contribution in [3.63, 3.8) is 0 Å². The Labute approximate surface area is 188 Å². The summed E-state index contributed by atoms with van der Waals surface area (Å²) >= 11 is 0. The maximum atomic E-state index is 13.8. The monoisotopic (exact) mass is 456 g/mol. The Hall–Kier alpha value is -3.69. The van der Waals surface area contributed by atoms with Gasteiger partial charge in [-0.2, -0.15) is 23.4 Å². The van der Waals surface area contributed by atoms with Gasteiger partial charge in [0.25, 0.3) is 5.91 Å². The van der Waals surface area contributed by atoms with Gasteiger partial charge in [-0.15, -0.1) is 0 Å². The maximum absolute atomic E-state index is 13.8. The summed E-state index contributed by atoms with van der Waals surface area (Å²) in [6, 6.07) is 9.43. The number of nitrogens with one attached hydrogen (secondary N) is 1. The van der Waals surface area contributed by atoms with E-state index in [1.165, 1.54) is 6.07 Å². The van der Waals surface area contributed by atoms with Gasteiger partial charge in [0, 0.05) is 36.5 Å². The highest BCUT2D eigenvalue weighted by atomic mass is 19.4. The molecule has 0 fully saturated rings. The highest BCUT2D eigenvalue weighted by Gasteiger charge is 2.35. The fraction of sp³-hybridized carbons (Fsp3) is 0.304. The minimum absolute atomic E-state index is 0.0598. The summed E-state index contributed by atoms with van der Waals surface area (Å²) in [5.74, 6) is -0.300. The number of fused-ring (bicyclic) bond motifs is 1. The number of aryl methyl sites for hydroxylation is 1. The van der Waals surface area contributed by atoms with E-state index in [-0.39, 0.29) is 23.6 Å². The van der Waals surface area contributed by atoms with Gasteiger partial charge in [-0.3, -0.25) is 9.48 Å². The molecule has 0 saturated carbocycles. The van der Waals surface area contributed by atoms with E-state index in [9.17, 15) is 18.0 Å². The van der Waals surface area contributed by atoms with Gasteiger partial charge in [0.1, 0.15) is 0 Å². The molecule has 172 valence electrons. The van der Waals surface area contributed by atoms with Gasteiger partial charge >= 0.3 is 6.18 Å². The molecule has 4 aromatic rings. The van der Waals surface area contributed by atoms with Crippen molar-refractivity contribution in [3.8, 4) is 11.3 Å². The number of hydrogen-bond acceptors (Lipinski definition) is 4. The van der Waals surface area contributed by atoms with E-state index >= 15 is 0 Å². The van der Waals surface area contributed by atoms with Gasteiger partial charge in [-0.05, 0) is 24.5 Å². The van der Waals surface area contributed by atoms with Crippen LogP contribution in [0.4, 0.5) is 13.2 Å². The first-order chi connectivity index (χ1) is 15.5. The maximum Gasteiger partial charge on any atom is 0.433 e. The molecule has 1 N–H and O–H groups in total. The number of benzene rings is 1. The van der Waals surface area contributed by atoms with Crippen LogP contribution in [0.1, 0.15) is 52.8 Å². The molecule has 4 rings (SSSR count). The first-order valence-corrected chi connectivity index (χ1v) is 10.4. The van der Waals surface area contributed by atoms with E-state index in [4.69, 9.17) is 0 Å². The zero-order valence-corrected chi connectivity index (χ0v) is 18.6. The Morgan fingerprint density at radius 1 is 1.15 bits per heavy atom.